The Morgan fingerprint density at radius 3 is 2.80 bits per heavy atom. The van der Waals surface area contributed by atoms with E-state index in [1.54, 1.807) is 18.5 Å². The maximum atomic E-state index is 13.5. The van der Waals surface area contributed by atoms with E-state index in [2.05, 4.69) is 10.4 Å². The maximum Gasteiger partial charge on any atom is 0.249 e. The second-order valence-electron chi connectivity index (χ2n) is 5.96. The van der Waals surface area contributed by atoms with Gasteiger partial charge in [0.15, 0.2) is 5.54 Å². The lowest BCUT2D eigenvalue weighted by Gasteiger charge is -2.40. The zero-order chi connectivity index (χ0) is 18.1. The highest BCUT2D eigenvalue weighted by Gasteiger charge is 2.47. The summed E-state index contributed by atoms with van der Waals surface area (Å²) in [6.45, 7) is 0.200. The maximum absolute atomic E-state index is 13.5. The standard InChI is InChI=1S/C16H19FN4O3S/c1-18-15(22)16(21-10-4-8-19-21)7-3-9-20(12-16)25(23,24)14-6-2-5-13(17)11-14/h2,4-6,8,10-11H,3,7,9,12H2,1H3,(H,18,22). The Kier molecular flexibility index (Phi) is 4.61. The third-order valence-corrected chi connectivity index (χ3v) is 6.30. The van der Waals surface area contributed by atoms with Crippen LogP contribution in [0.1, 0.15) is 12.8 Å². The summed E-state index contributed by atoms with van der Waals surface area (Å²) in [5.74, 6) is -0.932. The van der Waals surface area contributed by atoms with Gasteiger partial charge < -0.3 is 5.32 Å². The number of carbonyl (C=O) groups excluding carboxylic acids is 1. The minimum absolute atomic E-state index is 0.0623. The number of amides is 1. The molecule has 0 aliphatic carbocycles. The van der Waals surface area contributed by atoms with Crippen molar-refractivity contribution in [3.8, 4) is 0 Å². The molecular formula is C16H19FN4O3S. The predicted octanol–water partition coefficient (Wildman–Crippen LogP) is 0.948. The van der Waals surface area contributed by atoms with Crippen LogP contribution >= 0.6 is 0 Å². The second kappa shape index (κ2) is 6.57. The molecule has 0 spiro atoms. The van der Waals surface area contributed by atoms with Crippen LogP contribution in [0.15, 0.2) is 47.6 Å². The molecule has 1 aromatic heterocycles. The van der Waals surface area contributed by atoms with Gasteiger partial charge in [-0.3, -0.25) is 9.48 Å². The summed E-state index contributed by atoms with van der Waals surface area (Å²) in [6.07, 6.45) is 4.14. The number of carbonyl (C=O) groups is 1. The zero-order valence-electron chi connectivity index (χ0n) is 13.7. The van der Waals surface area contributed by atoms with Crippen molar-refractivity contribution in [2.24, 2.45) is 0 Å². The van der Waals surface area contributed by atoms with Crippen LogP contribution in [0, 0.1) is 5.82 Å². The van der Waals surface area contributed by atoms with Crippen molar-refractivity contribution in [3.05, 3.63) is 48.5 Å². The van der Waals surface area contributed by atoms with Gasteiger partial charge in [-0.2, -0.15) is 9.40 Å². The Bertz CT molecular complexity index is 869. The van der Waals surface area contributed by atoms with Crippen molar-refractivity contribution < 1.29 is 17.6 Å². The first-order chi connectivity index (χ1) is 11.9. The quantitative estimate of drug-likeness (QED) is 0.873. The highest BCUT2D eigenvalue weighted by Crippen LogP contribution is 2.32. The number of likely N-dealkylation sites (N-methyl/N-ethyl adjacent to an activating group) is 1. The van der Waals surface area contributed by atoms with Gasteiger partial charge in [0.1, 0.15) is 5.82 Å². The van der Waals surface area contributed by atoms with Gasteiger partial charge in [-0.1, -0.05) is 6.07 Å². The number of aromatic nitrogens is 2. The van der Waals surface area contributed by atoms with E-state index < -0.39 is 21.4 Å². The van der Waals surface area contributed by atoms with E-state index in [0.717, 1.165) is 6.07 Å². The van der Waals surface area contributed by atoms with Crippen LogP contribution in [-0.4, -0.2) is 48.5 Å². The molecule has 1 fully saturated rings. The Hall–Kier alpha value is -2.26. The number of sulfonamides is 1. The predicted molar refractivity (Wildman–Crippen MR) is 88.7 cm³/mol. The molecule has 0 bridgehead atoms. The summed E-state index contributed by atoms with van der Waals surface area (Å²) in [4.78, 5) is 12.5. The van der Waals surface area contributed by atoms with Gasteiger partial charge in [0.25, 0.3) is 0 Å². The SMILES string of the molecule is CNC(=O)C1(n2cccn2)CCCN(S(=O)(=O)c2cccc(F)c2)C1. The smallest absolute Gasteiger partial charge is 0.249 e. The molecule has 0 saturated carbocycles. The number of benzene rings is 1. The Labute approximate surface area is 145 Å². The molecule has 0 radical (unpaired) electrons. The molecule has 1 aliphatic heterocycles. The molecule has 1 N–H and O–H groups in total. The van der Waals surface area contributed by atoms with Crippen LogP contribution in [0.4, 0.5) is 4.39 Å². The number of nitrogens with one attached hydrogen (secondary N) is 1. The topological polar surface area (TPSA) is 84.3 Å². The Morgan fingerprint density at radius 2 is 2.16 bits per heavy atom. The molecule has 134 valence electrons. The first-order valence-electron chi connectivity index (χ1n) is 7.88. The van der Waals surface area contributed by atoms with E-state index in [0.29, 0.717) is 12.8 Å². The van der Waals surface area contributed by atoms with Crippen LogP contribution in [-0.2, 0) is 20.4 Å². The zero-order valence-corrected chi connectivity index (χ0v) is 14.5. The Balaban J connectivity index is 2.00. The minimum Gasteiger partial charge on any atom is -0.357 e. The van der Waals surface area contributed by atoms with E-state index in [4.69, 9.17) is 0 Å². The molecule has 1 saturated heterocycles. The lowest BCUT2D eigenvalue weighted by Crippen LogP contribution is -2.58. The number of rotatable bonds is 4. The van der Waals surface area contributed by atoms with Crippen LogP contribution in [0.2, 0.25) is 0 Å². The molecule has 9 heteroatoms. The van der Waals surface area contributed by atoms with Gasteiger partial charge in [-0.05, 0) is 37.1 Å². The van der Waals surface area contributed by atoms with Gasteiger partial charge in [0, 0.05) is 32.5 Å². The van der Waals surface area contributed by atoms with Crippen molar-refractivity contribution in [2.75, 3.05) is 20.1 Å². The summed E-state index contributed by atoms with van der Waals surface area (Å²) < 4.78 is 42.0. The average Bonchev–Trinajstić information content (AvgIpc) is 3.16. The summed E-state index contributed by atoms with van der Waals surface area (Å²) in [7, 11) is -2.41. The lowest BCUT2D eigenvalue weighted by atomic mass is 9.89. The molecule has 3 rings (SSSR count). The lowest BCUT2D eigenvalue weighted by molar-refractivity contribution is -0.132. The summed E-state index contributed by atoms with van der Waals surface area (Å²) in [6, 6.07) is 6.56. The number of piperidine rings is 1. The van der Waals surface area contributed by atoms with Crippen molar-refractivity contribution >= 4 is 15.9 Å². The molecule has 1 aliphatic rings. The van der Waals surface area contributed by atoms with Crippen molar-refractivity contribution in [2.45, 2.75) is 23.3 Å². The highest BCUT2D eigenvalue weighted by atomic mass is 32.2. The molecule has 2 heterocycles. The molecule has 1 amide bonds. The fourth-order valence-electron chi connectivity index (χ4n) is 3.21. The average molecular weight is 366 g/mol. The van der Waals surface area contributed by atoms with Crippen LogP contribution in [0.5, 0.6) is 0 Å². The fourth-order valence-corrected chi connectivity index (χ4v) is 4.77. The molecule has 1 unspecified atom stereocenters. The first-order valence-corrected chi connectivity index (χ1v) is 9.32. The van der Waals surface area contributed by atoms with Gasteiger partial charge in [-0.15, -0.1) is 0 Å². The molecule has 7 nitrogen and oxygen atoms in total. The highest BCUT2D eigenvalue weighted by molar-refractivity contribution is 7.89. The third-order valence-electron chi connectivity index (χ3n) is 4.46. The number of nitrogens with zero attached hydrogens (tertiary/aromatic N) is 3. The van der Waals surface area contributed by atoms with Crippen LogP contribution < -0.4 is 5.32 Å². The van der Waals surface area contributed by atoms with Crippen LogP contribution in [0.25, 0.3) is 0 Å². The van der Waals surface area contributed by atoms with Gasteiger partial charge in [0.2, 0.25) is 15.9 Å². The monoisotopic (exact) mass is 366 g/mol. The third kappa shape index (κ3) is 3.05. The Morgan fingerprint density at radius 1 is 1.36 bits per heavy atom. The van der Waals surface area contributed by atoms with E-state index in [1.165, 1.54) is 34.2 Å². The van der Waals surface area contributed by atoms with Gasteiger partial charge >= 0.3 is 0 Å². The van der Waals surface area contributed by atoms with Crippen LogP contribution in [0.3, 0.4) is 0 Å². The fraction of sp³-hybridized carbons (Fsp3) is 0.375. The van der Waals surface area contributed by atoms with E-state index in [-0.39, 0.29) is 23.9 Å². The summed E-state index contributed by atoms with van der Waals surface area (Å²) >= 11 is 0. The van der Waals surface area contributed by atoms with Gasteiger partial charge in [0.05, 0.1) is 4.90 Å². The van der Waals surface area contributed by atoms with Crippen molar-refractivity contribution in [3.63, 3.8) is 0 Å². The largest absolute Gasteiger partial charge is 0.357 e. The van der Waals surface area contributed by atoms with E-state index in [9.17, 15) is 17.6 Å². The number of halogens is 1. The normalized spacial score (nSPS) is 21.8. The van der Waals surface area contributed by atoms with E-state index >= 15 is 0 Å². The van der Waals surface area contributed by atoms with Gasteiger partial charge in [-0.25, -0.2) is 12.8 Å². The molecule has 25 heavy (non-hydrogen) atoms. The molecular weight excluding hydrogens is 347 g/mol. The number of hydrogen-bond donors (Lipinski definition) is 1. The summed E-state index contributed by atoms with van der Waals surface area (Å²) in [5, 5.41) is 6.76. The molecule has 2 aromatic rings. The minimum atomic E-state index is -3.92. The molecule has 1 aromatic carbocycles. The molecule has 1 atom stereocenters. The first kappa shape index (κ1) is 17.6. The second-order valence-corrected chi connectivity index (χ2v) is 7.90. The van der Waals surface area contributed by atoms with E-state index in [1.807, 2.05) is 0 Å². The van der Waals surface area contributed by atoms with Crippen molar-refractivity contribution in [1.82, 2.24) is 19.4 Å². The van der Waals surface area contributed by atoms with Crippen molar-refractivity contribution in [1.29, 1.82) is 0 Å². The number of hydrogen-bond acceptors (Lipinski definition) is 4. The summed E-state index contributed by atoms with van der Waals surface area (Å²) in [5.41, 5.74) is -1.13.